The molecule has 6 heteroatoms. The Morgan fingerprint density at radius 1 is 1.39 bits per heavy atom. The summed E-state index contributed by atoms with van der Waals surface area (Å²) in [6.07, 6.45) is 2.39. The lowest BCUT2D eigenvalue weighted by molar-refractivity contribution is 0.0746. The molecule has 1 fully saturated rings. The van der Waals surface area contributed by atoms with Crippen LogP contribution in [0.5, 0.6) is 0 Å². The van der Waals surface area contributed by atoms with Gasteiger partial charge in [-0.2, -0.15) is 10.2 Å². The number of amides is 1. The third-order valence-corrected chi connectivity index (χ3v) is 4.68. The Labute approximate surface area is 136 Å². The second-order valence-electron chi connectivity index (χ2n) is 6.27. The molecule has 1 amide bonds. The van der Waals surface area contributed by atoms with Crippen molar-refractivity contribution in [3.05, 3.63) is 34.4 Å². The number of H-pyrrole nitrogens is 1. The lowest BCUT2D eigenvalue weighted by atomic mass is 10.1. The van der Waals surface area contributed by atoms with E-state index in [1.54, 1.807) is 0 Å². The van der Waals surface area contributed by atoms with Gasteiger partial charge in [-0.15, -0.1) is 0 Å². The van der Waals surface area contributed by atoms with E-state index in [2.05, 4.69) is 29.1 Å². The van der Waals surface area contributed by atoms with Crippen molar-refractivity contribution in [1.82, 2.24) is 24.9 Å². The molecular formula is C17H25N5O. The van der Waals surface area contributed by atoms with Gasteiger partial charge in [-0.25, -0.2) is 0 Å². The average molecular weight is 315 g/mol. The second-order valence-corrected chi connectivity index (χ2v) is 6.27. The molecule has 0 saturated heterocycles. The highest BCUT2D eigenvalue weighted by Gasteiger charge is 2.27. The lowest BCUT2D eigenvalue weighted by Gasteiger charge is -2.20. The van der Waals surface area contributed by atoms with E-state index in [1.165, 1.54) is 12.8 Å². The van der Waals surface area contributed by atoms with Crippen LogP contribution in [0.4, 0.5) is 0 Å². The van der Waals surface area contributed by atoms with Gasteiger partial charge < -0.3 is 4.90 Å². The highest BCUT2D eigenvalue weighted by Crippen LogP contribution is 2.39. The van der Waals surface area contributed by atoms with Gasteiger partial charge in [0.2, 0.25) is 0 Å². The van der Waals surface area contributed by atoms with E-state index in [9.17, 15) is 4.79 Å². The van der Waals surface area contributed by atoms with Crippen LogP contribution >= 0.6 is 0 Å². The molecule has 0 spiro atoms. The van der Waals surface area contributed by atoms with Crippen molar-refractivity contribution in [2.45, 2.75) is 59.5 Å². The van der Waals surface area contributed by atoms with Gasteiger partial charge in [0.1, 0.15) is 5.69 Å². The minimum atomic E-state index is -0.0151. The van der Waals surface area contributed by atoms with Crippen molar-refractivity contribution in [2.24, 2.45) is 0 Å². The second kappa shape index (κ2) is 6.18. The minimum absolute atomic E-state index is 0.0151. The van der Waals surface area contributed by atoms with Crippen LogP contribution in [0.25, 0.3) is 0 Å². The first-order valence-corrected chi connectivity index (χ1v) is 8.42. The molecule has 2 aromatic heterocycles. The predicted molar refractivity (Wildman–Crippen MR) is 88.4 cm³/mol. The first-order valence-electron chi connectivity index (χ1n) is 8.42. The van der Waals surface area contributed by atoms with Crippen molar-refractivity contribution in [1.29, 1.82) is 0 Å². The van der Waals surface area contributed by atoms with Crippen molar-refractivity contribution in [3.63, 3.8) is 0 Å². The van der Waals surface area contributed by atoms with Crippen molar-refractivity contribution >= 4 is 5.91 Å². The maximum absolute atomic E-state index is 12.8. The molecule has 1 saturated carbocycles. The number of carbonyl (C=O) groups is 1. The maximum Gasteiger partial charge on any atom is 0.274 e. The van der Waals surface area contributed by atoms with E-state index in [0.717, 1.165) is 29.2 Å². The number of aromatic amines is 1. The summed E-state index contributed by atoms with van der Waals surface area (Å²) in [6.45, 7) is 10.2. The van der Waals surface area contributed by atoms with E-state index in [0.29, 0.717) is 24.7 Å². The third kappa shape index (κ3) is 3.02. The Hall–Kier alpha value is -2.11. The van der Waals surface area contributed by atoms with Crippen molar-refractivity contribution in [2.75, 3.05) is 6.54 Å². The number of nitrogens with zero attached hydrogens (tertiary/aromatic N) is 4. The molecule has 6 nitrogen and oxygen atoms in total. The van der Waals surface area contributed by atoms with Gasteiger partial charge in [0.15, 0.2) is 0 Å². The molecule has 3 rings (SSSR count). The first kappa shape index (κ1) is 15.8. The third-order valence-electron chi connectivity index (χ3n) is 4.68. The fourth-order valence-corrected chi connectivity index (χ4v) is 3.00. The topological polar surface area (TPSA) is 66.8 Å². The Kier molecular flexibility index (Phi) is 4.24. The van der Waals surface area contributed by atoms with Gasteiger partial charge in [0.05, 0.1) is 5.69 Å². The maximum atomic E-state index is 12.8. The van der Waals surface area contributed by atoms with Gasteiger partial charge >= 0.3 is 0 Å². The SMILES string of the molecule is CCN(Cc1c(C)nn(CC)c1C)C(=O)c1cc(C2CC2)[nH]n1. The normalized spacial score (nSPS) is 14.3. The number of carbonyl (C=O) groups excluding carboxylic acids is 1. The molecular weight excluding hydrogens is 290 g/mol. The van der Waals surface area contributed by atoms with Gasteiger partial charge in [-0.3, -0.25) is 14.6 Å². The first-order chi connectivity index (χ1) is 11.0. The number of hydrogen-bond donors (Lipinski definition) is 1. The smallest absolute Gasteiger partial charge is 0.274 e. The zero-order valence-corrected chi connectivity index (χ0v) is 14.4. The van der Waals surface area contributed by atoms with Crippen LogP contribution in [0.3, 0.4) is 0 Å². The fraction of sp³-hybridized carbons (Fsp3) is 0.588. The summed E-state index contributed by atoms with van der Waals surface area (Å²) in [6, 6.07) is 1.91. The molecule has 23 heavy (non-hydrogen) atoms. The average Bonchev–Trinajstić information content (AvgIpc) is 3.22. The Balaban J connectivity index is 1.78. The summed E-state index contributed by atoms with van der Waals surface area (Å²) in [5.41, 5.74) is 4.88. The van der Waals surface area contributed by atoms with Gasteiger partial charge in [-0.05, 0) is 46.6 Å². The van der Waals surface area contributed by atoms with Crippen LogP contribution < -0.4 is 0 Å². The van der Waals surface area contributed by atoms with Gasteiger partial charge in [0.25, 0.3) is 5.91 Å². The quantitative estimate of drug-likeness (QED) is 0.891. The highest BCUT2D eigenvalue weighted by atomic mass is 16.2. The molecule has 0 atom stereocenters. The van der Waals surface area contributed by atoms with E-state index in [1.807, 2.05) is 29.5 Å². The van der Waals surface area contributed by atoms with Gasteiger partial charge in [0, 0.05) is 42.5 Å². The van der Waals surface area contributed by atoms with Crippen LogP contribution in [0.2, 0.25) is 0 Å². The number of aryl methyl sites for hydroxylation is 2. The fourth-order valence-electron chi connectivity index (χ4n) is 3.00. The molecule has 124 valence electrons. The molecule has 0 aliphatic heterocycles. The standard InChI is InChI=1S/C17H25N5O/c1-5-21(10-14-11(3)20-22(6-2)12(14)4)17(23)16-9-15(18-19-16)13-7-8-13/h9,13H,5-8,10H2,1-4H3,(H,18,19). The molecule has 1 aliphatic carbocycles. The molecule has 0 unspecified atom stereocenters. The van der Waals surface area contributed by atoms with E-state index < -0.39 is 0 Å². The summed E-state index contributed by atoms with van der Waals surface area (Å²) < 4.78 is 1.99. The number of aromatic nitrogens is 4. The largest absolute Gasteiger partial charge is 0.333 e. The van der Waals surface area contributed by atoms with Crippen LogP contribution in [0.15, 0.2) is 6.07 Å². The Morgan fingerprint density at radius 3 is 2.70 bits per heavy atom. The molecule has 2 aromatic rings. The Morgan fingerprint density at radius 2 is 2.13 bits per heavy atom. The zero-order chi connectivity index (χ0) is 16.6. The minimum Gasteiger partial charge on any atom is -0.333 e. The Bertz CT molecular complexity index is 711. The van der Waals surface area contributed by atoms with Crippen LogP contribution in [-0.4, -0.2) is 37.3 Å². The molecule has 2 heterocycles. The molecule has 0 radical (unpaired) electrons. The molecule has 0 bridgehead atoms. The zero-order valence-electron chi connectivity index (χ0n) is 14.4. The van der Waals surface area contributed by atoms with Crippen LogP contribution in [0.1, 0.15) is 65.7 Å². The van der Waals surface area contributed by atoms with E-state index in [-0.39, 0.29) is 5.91 Å². The highest BCUT2D eigenvalue weighted by molar-refractivity contribution is 5.92. The van der Waals surface area contributed by atoms with Crippen molar-refractivity contribution < 1.29 is 4.79 Å². The summed E-state index contributed by atoms with van der Waals surface area (Å²) in [4.78, 5) is 14.6. The lowest BCUT2D eigenvalue weighted by Crippen LogP contribution is -2.31. The number of rotatable bonds is 6. The summed E-state index contributed by atoms with van der Waals surface area (Å²) in [5.74, 6) is 0.560. The van der Waals surface area contributed by atoms with Crippen LogP contribution in [-0.2, 0) is 13.1 Å². The van der Waals surface area contributed by atoms with E-state index in [4.69, 9.17) is 0 Å². The summed E-state index contributed by atoms with van der Waals surface area (Å²) >= 11 is 0. The molecule has 1 aliphatic rings. The predicted octanol–water partition coefficient (Wildman–Crippen LogP) is 2.78. The summed E-state index contributed by atoms with van der Waals surface area (Å²) in [5, 5.41) is 11.8. The number of nitrogens with one attached hydrogen (secondary N) is 1. The monoisotopic (exact) mass is 315 g/mol. The number of hydrogen-bond acceptors (Lipinski definition) is 3. The molecule has 0 aromatic carbocycles. The van der Waals surface area contributed by atoms with Crippen LogP contribution in [0, 0.1) is 13.8 Å². The van der Waals surface area contributed by atoms with Gasteiger partial charge in [-0.1, -0.05) is 0 Å². The van der Waals surface area contributed by atoms with Crippen molar-refractivity contribution in [3.8, 4) is 0 Å². The summed E-state index contributed by atoms with van der Waals surface area (Å²) in [7, 11) is 0. The molecule has 1 N–H and O–H groups in total. The van der Waals surface area contributed by atoms with E-state index >= 15 is 0 Å².